The maximum atomic E-state index is 9.07. The summed E-state index contributed by atoms with van der Waals surface area (Å²) < 4.78 is 0. The Morgan fingerprint density at radius 2 is 1.79 bits per heavy atom. The minimum absolute atomic E-state index is 0.0627. The highest BCUT2D eigenvalue weighted by molar-refractivity contribution is 5.61. The first-order chi connectivity index (χ1) is 9.13. The Balaban J connectivity index is 2.44. The van der Waals surface area contributed by atoms with Crippen molar-refractivity contribution >= 4 is 5.95 Å². The highest BCUT2D eigenvalue weighted by Gasteiger charge is 2.07. The van der Waals surface area contributed by atoms with E-state index in [9.17, 15) is 0 Å². The number of aromatic nitrogens is 2. The first-order valence-corrected chi connectivity index (χ1v) is 6.39. The minimum atomic E-state index is 0.0627. The molecule has 0 fully saturated rings. The van der Waals surface area contributed by atoms with Crippen molar-refractivity contribution < 1.29 is 5.11 Å². The van der Waals surface area contributed by atoms with Crippen molar-refractivity contribution in [2.75, 3.05) is 19.0 Å². The molecular formula is C15H19N3O. The van der Waals surface area contributed by atoms with E-state index in [2.05, 4.69) is 16.9 Å². The third-order valence-electron chi connectivity index (χ3n) is 2.96. The molecule has 0 spiro atoms. The van der Waals surface area contributed by atoms with Crippen LogP contribution in [-0.2, 0) is 13.0 Å². The van der Waals surface area contributed by atoms with E-state index in [0.29, 0.717) is 0 Å². The molecule has 0 radical (unpaired) electrons. The van der Waals surface area contributed by atoms with Crippen LogP contribution in [0.5, 0.6) is 0 Å². The second kappa shape index (κ2) is 5.80. The first-order valence-electron chi connectivity index (χ1n) is 6.39. The molecule has 0 aliphatic rings. The number of aliphatic hydroxyl groups is 1. The van der Waals surface area contributed by atoms with E-state index in [4.69, 9.17) is 5.11 Å². The van der Waals surface area contributed by atoms with Crippen LogP contribution in [0.15, 0.2) is 30.3 Å². The van der Waals surface area contributed by atoms with Gasteiger partial charge in [-0.15, -0.1) is 0 Å². The van der Waals surface area contributed by atoms with E-state index < -0.39 is 0 Å². The second-order valence-electron chi connectivity index (χ2n) is 4.65. The lowest BCUT2D eigenvalue weighted by atomic mass is 10.1. The van der Waals surface area contributed by atoms with E-state index in [0.717, 1.165) is 34.9 Å². The molecule has 0 saturated heterocycles. The van der Waals surface area contributed by atoms with Crippen molar-refractivity contribution in [2.24, 2.45) is 0 Å². The smallest absolute Gasteiger partial charge is 0.225 e. The van der Waals surface area contributed by atoms with Gasteiger partial charge in [-0.3, -0.25) is 0 Å². The number of nitrogens with zero attached hydrogens (tertiary/aromatic N) is 3. The standard InChI is InChI=1S/C15H19N3O/c1-4-13-9-14(17-15(16-13)18(2)3)12-7-5-11(10-19)6-8-12/h5-9,19H,4,10H2,1-3H3. The largest absolute Gasteiger partial charge is 0.392 e. The van der Waals surface area contributed by atoms with Gasteiger partial charge in [0.1, 0.15) is 0 Å². The predicted octanol–water partition coefficient (Wildman–Crippen LogP) is 2.26. The van der Waals surface area contributed by atoms with Crippen molar-refractivity contribution in [3.8, 4) is 11.3 Å². The number of hydrogen-bond acceptors (Lipinski definition) is 4. The van der Waals surface area contributed by atoms with Crippen molar-refractivity contribution in [3.05, 3.63) is 41.6 Å². The Bertz CT molecular complexity index is 550. The van der Waals surface area contributed by atoms with Gasteiger partial charge in [0.25, 0.3) is 0 Å². The Morgan fingerprint density at radius 1 is 1.11 bits per heavy atom. The summed E-state index contributed by atoms with van der Waals surface area (Å²) in [6.45, 7) is 2.15. The summed E-state index contributed by atoms with van der Waals surface area (Å²) in [4.78, 5) is 11.0. The summed E-state index contributed by atoms with van der Waals surface area (Å²) in [6.07, 6.45) is 0.880. The van der Waals surface area contributed by atoms with Crippen molar-refractivity contribution in [3.63, 3.8) is 0 Å². The molecule has 2 aromatic rings. The molecule has 0 aliphatic carbocycles. The molecule has 100 valence electrons. The van der Waals surface area contributed by atoms with Gasteiger partial charge in [0.15, 0.2) is 0 Å². The first kappa shape index (κ1) is 13.5. The molecular weight excluding hydrogens is 238 g/mol. The predicted molar refractivity (Wildman–Crippen MR) is 77.1 cm³/mol. The Labute approximate surface area is 113 Å². The average molecular weight is 257 g/mol. The molecule has 0 amide bonds. The Kier molecular flexibility index (Phi) is 4.12. The van der Waals surface area contributed by atoms with E-state index >= 15 is 0 Å². The minimum Gasteiger partial charge on any atom is -0.392 e. The molecule has 1 aromatic carbocycles. The van der Waals surface area contributed by atoms with Crippen LogP contribution in [-0.4, -0.2) is 29.2 Å². The molecule has 0 atom stereocenters. The monoisotopic (exact) mass is 257 g/mol. The van der Waals surface area contributed by atoms with Gasteiger partial charge in [-0.1, -0.05) is 31.2 Å². The topological polar surface area (TPSA) is 49.3 Å². The molecule has 4 nitrogen and oxygen atoms in total. The van der Waals surface area contributed by atoms with Crippen LogP contribution in [0.25, 0.3) is 11.3 Å². The number of aliphatic hydroxyl groups excluding tert-OH is 1. The maximum Gasteiger partial charge on any atom is 0.225 e. The molecule has 2 rings (SSSR count). The lowest BCUT2D eigenvalue weighted by molar-refractivity contribution is 0.282. The highest BCUT2D eigenvalue weighted by atomic mass is 16.3. The zero-order valence-electron chi connectivity index (χ0n) is 11.6. The number of hydrogen-bond donors (Lipinski definition) is 1. The van der Waals surface area contributed by atoms with Crippen molar-refractivity contribution in [2.45, 2.75) is 20.0 Å². The fraction of sp³-hybridized carbons (Fsp3) is 0.333. The molecule has 0 saturated carbocycles. The van der Waals surface area contributed by atoms with Crippen molar-refractivity contribution in [1.82, 2.24) is 9.97 Å². The molecule has 19 heavy (non-hydrogen) atoms. The highest BCUT2D eigenvalue weighted by Crippen LogP contribution is 2.21. The normalized spacial score (nSPS) is 10.5. The zero-order valence-corrected chi connectivity index (χ0v) is 11.6. The van der Waals surface area contributed by atoms with E-state index in [1.807, 2.05) is 49.3 Å². The van der Waals surface area contributed by atoms with Gasteiger partial charge in [0, 0.05) is 25.4 Å². The van der Waals surface area contributed by atoms with Gasteiger partial charge >= 0.3 is 0 Å². The molecule has 0 bridgehead atoms. The van der Waals surface area contributed by atoms with Gasteiger partial charge in [-0.25, -0.2) is 9.97 Å². The molecule has 4 heteroatoms. The molecule has 1 N–H and O–H groups in total. The fourth-order valence-corrected chi connectivity index (χ4v) is 1.79. The quantitative estimate of drug-likeness (QED) is 0.912. The fourth-order valence-electron chi connectivity index (χ4n) is 1.79. The van der Waals surface area contributed by atoms with Crippen LogP contribution in [0, 0.1) is 0 Å². The summed E-state index contributed by atoms with van der Waals surface area (Å²) in [5.41, 5.74) is 3.89. The summed E-state index contributed by atoms with van der Waals surface area (Å²) >= 11 is 0. The molecule has 1 heterocycles. The van der Waals surface area contributed by atoms with Gasteiger partial charge in [0.2, 0.25) is 5.95 Å². The van der Waals surface area contributed by atoms with E-state index in [1.165, 1.54) is 0 Å². The van der Waals surface area contributed by atoms with E-state index in [1.54, 1.807) is 0 Å². The van der Waals surface area contributed by atoms with E-state index in [-0.39, 0.29) is 6.61 Å². The van der Waals surface area contributed by atoms with Crippen LogP contribution in [0.3, 0.4) is 0 Å². The third kappa shape index (κ3) is 3.09. The summed E-state index contributed by atoms with van der Waals surface area (Å²) in [7, 11) is 3.88. The molecule has 0 unspecified atom stereocenters. The Morgan fingerprint density at radius 3 is 2.32 bits per heavy atom. The van der Waals surface area contributed by atoms with Crippen LogP contribution in [0.4, 0.5) is 5.95 Å². The zero-order chi connectivity index (χ0) is 13.8. The second-order valence-corrected chi connectivity index (χ2v) is 4.65. The molecule has 1 aromatic heterocycles. The van der Waals surface area contributed by atoms with Crippen molar-refractivity contribution in [1.29, 1.82) is 0 Å². The summed E-state index contributed by atoms with van der Waals surface area (Å²) in [5.74, 6) is 0.723. The van der Waals surface area contributed by atoms with Crippen LogP contribution >= 0.6 is 0 Å². The summed E-state index contributed by atoms with van der Waals surface area (Å²) in [6, 6.07) is 9.80. The molecule has 0 aliphatic heterocycles. The van der Waals surface area contributed by atoms with Crippen LogP contribution in [0.2, 0.25) is 0 Å². The number of rotatable bonds is 4. The van der Waals surface area contributed by atoms with Crippen LogP contribution < -0.4 is 4.90 Å². The number of benzene rings is 1. The lowest BCUT2D eigenvalue weighted by Gasteiger charge is -2.13. The van der Waals surface area contributed by atoms with Crippen LogP contribution in [0.1, 0.15) is 18.2 Å². The Hall–Kier alpha value is -1.94. The average Bonchev–Trinajstić information content (AvgIpc) is 2.46. The third-order valence-corrected chi connectivity index (χ3v) is 2.96. The summed E-state index contributed by atoms with van der Waals surface area (Å²) in [5, 5.41) is 9.07. The van der Waals surface area contributed by atoms with Gasteiger partial charge in [-0.2, -0.15) is 0 Å². The number of aryl methyl sites for hydroxylation is 1. The van der Waals surface area contributed by atoms with Gasteiger partial charge in [-0.05, 0) is 18.1 Å². The van der Waals surface area contributed by atoms with Gasteiger partial charge in [0.05, 0.1) is 12.3 Å². The van der Waals surface area contributed by atoms with Gasteiger partial charge < -0.3 is 10.0 Å². The SMILES string of the molecule is CCc1cc(-c2ccc(CO)cc2)nc(N(C)C)n1. The lowest BCUT2D eigenvalue weighted by Crippen LogP contribution is -2.14. The maximum absolute atomic E-state index is 9.07. The number of anilines is 1.